The number of aryl methyl sites for hydroxylation is 1. The number of halogens is 2. The van der Waals surface area contributed by atoms with Gasteiger partial charge in [-0.15, -0.1) is 11.6 Å². The lowest BCUT2D eigenvalue weighted by molar-refractivity contribution is 0.0986. The van der Waals surface area contributed by atoms with Gasteiger partial charge in [0, 0.05) is 5.56 Å². The highest BCUT2D eigenvalue weighted by molar-refractivity contribution is 6.33. The molecule has 0 bridgehead atoms. The molecule has 0 aromatic heterocycles. The topological polar surface area (TPSA) is 17.1 Å². The van der Waals surface area contributed by atoms with Crippen molar-refractivity contribution in [3.8, 4) is 0 Å². The van der Waals surface area contributed by atoms with E-state index in [0.29, 0.717) is 16.7 Å². The molecular weight excluding hydrogens is 251 g/mol. The fourth-order valence-corrected chi connectivity index (χ4v) is 2.07. The normalized spacial score (nSPS) is 12.2. The van der Waals surface area contributed by atoms with Crippen LogP contribution in [0.5, 0.6) is 0 Å². The molecule has 3 heteroatoms. The highest BCUT2D eigenvalue weighted by atomic mass is 35.5. The molecule has 0 heterocycles. The van der Waals surface area contributed by atoms with Crippen LogP contribution >= 0.6 is 11.6 Å². The summed E-state index contributed by atoms with van der Waals surface area (Å²) in [6, 6.07) is 13.3. The number of hydrogen-bond donors (Lipinski definition) is 0. The number of benzene rings is 2. The van der Waals surface area contributed by atoms with Gasteiger partial charge >= 0.3 is 0 Å². The Hall–Kier alpha value is -1.67. The molecule has 1 nitrogen and oxygen atoms in total. The molecule has 1 unspecified atom stereocenters. The van der Waals surface area contributed by atoms with Gasteiger partial charge in [-0.2, -0.15) is 0 Å². The molecule has 1 atom stereocenters. The number of ketones is 1. The van der Waals surface area contributed by atoms with E-state index in [1.165, 1.54) is 12.1 Å². The molecule has 0 aliphatic heterocycles. The van der Waals surface area contributed by atoms with E-state index in [4.69, 9.17) is 11.6 Å². The van der Waals surface area contributed by atoms with Crippen LogP contribution in [0.25, 0.3) is 0 Å². The van der Waals surface area contributed by atoms with Crippen LogP contribution in [0.2, 0.25) is 0 Å². The fourth-order valence-electron chi connectivity index (χ4n) is 1.80. The highest BCUT2D eigenvalue weighted by Crippen LogP contribution is 2.25. The van der Waals surface area contributed by atoms with Crippen LogP contribution in [0, 0.1) is 12.7 Å². The maximum atomic E-state index is 13.3. The van der Waals surface area contributed by atoms with E-state index in [-0.39, 0.29) is 5.78 Å². The first kappa shape index (κ1) is 12.8. The Morgan fingerprint density at radius 2 is 1.83 bits per heavy atom. The number of carbonyl (C=O) groups excluding carboxylic acids is 1. The molecule has 0 saturated heterocycles. The van der Waals surface area contributed by atoms with Crippen LogP contribution in [-0.4, -0.2) is 5.78 Å². The summed E-state index contributed by atoms with van der Waals surface area (Å²) >= 11 is 6.12. The molecule has 92 valence electrons. The average molecular weight is 263 g/mol. The summed E-state index contributed by atoms with van der Waals surface area (Å²) in [6.07, 6.45) is 0. The van der Waals surface area contributed by atoms with Gasteiger partial charge < -0.3 is 0 Å². The summed E-state index contributed by atoms with van der Waals surface area (Å²) in [5.41, 5.74) is 1.72. The maximum Gasteiger partial charge on any atom is 0.185 e. The van der Waals surface area contributed by atoms with Gasteiger partial charge in [0.1, 0.15) is 11.2 Å². The lowest BCUT2D eigenvalue weighted by Crippen LogP contribution is -2.08. The Kier molecular flexibility index (Phi) is 3.78. The van der Waals surface area contributed by atoms with E-state index in [0.717, 1.165) is 0 Å². The van der Waals surface area contributed by atoms with Crippen molar-refractivity contribution in [1.82, 2.24) is 0 Å². The van der Waals surface area contributed by atoms with Crippen molar-refractivity contribution in [2.45, 2.75) is 12.3 Å². The quantitative estimate of drug-likeness (QED) is 0.595. The van der Waals surface area contributed by atoms with Gasteiger partial charge in [0.05, 0.1) is 0 Å². The van der Waals surface area contributed by atoms with Crippen molar-refractivity contribution in [2.75, 3.05) is 0 Å². The highest BCUT2D eigenvalue weighted by Gasteiger charge is 2.19. The van der Waals surface area contributed by atoms with Crippen molar-refractivity contribution in [3.05, 3.63) is 71.0 Å². The number of Topliss-reactive ketones (excluding diaryl/α,β-unsaturated/α-hetero) is 1. The third kappa shape index (κ3) is 2.77. The molecule has 0 spiro atoms. The van der Waals surface area contributed by atoms with Gasteiger partial charge in [0.25, 0.3) is 0 Å². The summed E-state index contributed by atoms with van der Waals surface area (Å²) in [5.74, 6) is -0.708. The van der Waals surface area contributed by atoms with Gasteiger partial charge in [-0.05, 0) is 36.2 Å². The zero-order valence-electron chi connectivity index (χ0n) is 9.86. The third-order valence-electron chi connectivity index (χ3n) is 2.65. The molecule has 0 N–H and O–H groups in total. The Balaban J connectivity index is 2.31. The Bertz CT molecular complexity index is 546. The molecule has 0 saturated carbocycles. The van der Waals surface area contributed by atoms with Crippen molar-refractivity contribution >= 4 is 17.4 Å². The summed E-state index contributed by atoms with van der Waals surface area (Å²) in [7, 11) is 0. The van der Waals surface area contributed by atoms with Gasteiger partial charge in [-0.1, -0.05) is 30.3 Å². The van der Waals surface area contributed by atoms with Gasteiger partial charge in [-0.3, -0.25) is 4.79 Å². The van der Waals surface area contributed by atoms with E-state index in [2.05, 4.69) is 0 Å². The molecule has 18 heavy (non-hydrogen) atoms. The second-order valence-electron chi connectivity index (χ2n) is 4.15. The van der Waals surface area contributed by atoms with Gasteiger partial charge in [-0.25, -0.2) is 4.39 Å². The minimum absolute atomic E-state index is 0.287. The van der Waals surface area contributed by atoms with Crippen molar-refractivity contribution in [3.63, 3.8) is 0 Å². The van der Waals surface area contributed by atoms with E-state index >= 15 is 0 Å². The van der Waals surface area contributed by atoms with Crippen molar-refractivity contribution in [2.24, 2.45) is 0 Å². The van der Waals surface area contributed by atoms with Crippen molar-refractivity contribution < 1.29 is 9.18 Å². The molecule has 0 aliphatic carbocycles. The smallest absolute Gasteiger partial charge is 0.185 e. The molecule has 2 aromatic carbocycles. The number of hydrogen-bond acceptors (Lipinski definition) is 1. The average Bonchev–Trinajstić information content (AvgIpc) is 2.37. The Labute approximate surface area is 110 Å². The number of carbonyl (C=O) groups is 1. The first-order valence-corrected chi connectivity index (χ1v) is 6.02. The van der Waals surface area contributed by atoms with E-state index in [1.807, 2.05) is 18.2 Å². The summed E-state index contributed by atoms with van der Waals surface area (Å²) in [6.45, 7) is 1.74. The standard InChI is InChI=1S/C15H12ClFO/c1-10-7-12(9-13(17)8-10)15(18)14(16)11-5-3-2-4-6-11/h2-9,14H,1H3. The lowest BCUT2D eigenvalue weighted by atomic mass is 10.0. The maximum absolute atomic E-state index is 13.3. The predicted molar refractivity (Wildman–Crippen MR) is 70.5 cm³/mol. The first-order chi connectivity index (χ1) is 8.58. The minimum Gasteiger partial charge on any atom is -0.292 e. The third-order valence-corrected chi connectivity index (χ3v) is 3.10. The Morgan fingerprint density at radius 3 is 2.44 bits per heavy atom. The SMILES string of the molecule is Cc1cc(F)cc(C(=O)C(Cl)c2ccccc2)c1. The van der Waals surface area contributed by atoms with Crippen LogP contribution in [0.15, 0.2) is 48.5 Å². The van der Waals surface area contributed by atoms with Gasteiger partial charge in [0.2, 0.25) is 0 Å². The van der Waals surface area contributed by atoms with Crippen LogP contribution in [-0.2, 0) is 0 Å². The molecule has 0 radical (unpaired) electrons. The monoisotopic (exact) mass is 262 g/mol. The summed E-state index contributed by atoms with van der Waals surface area (Å²) in [5, 5.41) is -0.785. The second kappa shape index (κ2) is 5.32. The van der Waals surface area contributed by atoms with E-state index in [9.17, 15) is 9.18 Å². The molecule has 0 fully saturated rings. The summed E-state index contributed by atoms with van der Waals surface area (Å²) < 4.78 is 13.3. The Morgan fingerprint density at radius 1 is 1.17 bits per heavy atom. The first-order valence-electron chi connectivity index (χ1n) is 5.58. The summed E-state index contributed by atoms with van der Waals surface area (Å²) in [4.78, 5) is 12.2. The number of alkyl halides is 1. The fraction of sp³-hybridized carbons (Fsp3) is 0.133. The van der Waals surface area contributed by atoms with Gasteiger partial charge in [0.15, 0.2) is 5.78 Å². The minimum atomic E-state index is -0.785. The zero-order valence-corrected chi connectivity index (χ0v) is 10.6. The molecule has 2 aromatic rings. The molecule has 0 aliphatic rings. The second-order valence-corrected chi connectivity index (χ2v) is 4.59. The molecular formula is C15H12ClFO. The van der Waals surface area contributed by atoms with Crippen LogP contribution < -0.4 is 0 Å². The van der Waals surface area contributed by atoms with Crippen LogP contribution in [0.3, 0.4) is 0 Å². The zero-order chi connectivity index (χ0) is 13.1. The van der Waals surface area contributed by atoms with E-state index < -0.39 is 11.2 Å². The van der Waals surface area contributed by atoms with Crippen molar-refractivity contribution in [1.29, 1.82) is 0 Å². The largest absolute Gasteiger partial charge is 0.292 e. The van der Waals surface area contributed by atoms with E-state index in [1.54, 1.807) is 25.1 Å². The lowest BCUT2D eigenvalue weighted by Gasteiger charge is -2.09. The molecule has 0 amide bonds. The predicted octanol–water partition coefficient (Wildman–Crippen LogP) is 4.30. The van der Waals surface area contributed by atoms with Crippen LogP contribution in [0.4, 0.5) is 4.39 Å². The van der Waals surface area contributed by atoms with Crippen LogP contribution in [0.1, 0.15) is 26.9 Å². The molecule has 2 rings (SSSR count). The number of rotatable bonds is 3.